The van der Waals surface area contributed by atoms with Crippen molar-refractivity contribution in [2.24, 2.45) is 5.92 Å². The van der Waals surface area contributed by atoms with Crippen LogP contribution in [0.15, 0.2) is 47.4 Å². The summed E-state index contributed by atoms with van der Waals surface area (Å²) >= 11 is 6.00. The van der Waals surface area contributed by atoms with Crippen molar-refractivity contribution in [2.75, 3.05) is 10.0 Å². The zero-order chi connectivity index (χ0) is 18.6. The fourth-order valence-corrected chi connectivity index (χ4v) is 3.58. The lowest BCUT2D eigenvalue weighted by Gasteiger charge is -2.12. The Labute approximate surface area is 153 Å². The molecule has 0 aliphatic heterocycles. The highest BCUT2D eigenvalue weighted by molar-refractivity contribution is 7.92. The van der Waals surface area contributed by atoms with Crippen molar-refractivity contribution in [1.82, 2.24) is 0 Å². The Morgan fingerprint density at radius 3 is 2.32 bits per heavy atom. The third-order valence-corrected chi connectivity index (χ3v) is 5.13. The minimum atomic E-state index is -3.72. The number of sulfonamides is 1. The molecule has 0 radical (unpaired) electrons. The summed E-state index contributed by atoms with van der Waals surface area (Å²) in [5.41, 5.74) is 1.76. The summed E-state index contributed by atoms with van der Waals surface area (Å²) in [6.45, 7) is 5.57. The molecule has 25 heavy (non-hydrogen) atoms. The molecule has 0 atom stereocenters. The summed E-state index contributed by atoms with van der Waals surface area (Å²) in [5.74, 6) is 0.212. The monoisotopic (exact) mass is 380 g/mol. The smallest absolute Gasteiger partial charge is 0.261 e. The predicted molar refractivity (Wildman–Crippen MR) is 102 cm³/mol. The van der Waals surface area contributed by atoms with Crippen LogP contribution in [-0.2, 0) is 21.2 Å². The number of rotatable bonds is 6. The van der Waals surface area contributed by atoms with Gasteiger partial charge in [0.25, 0.3) is 10.0 Å². The second kappa shape index (κ2) is 7.89. The third kappa shape index (κ3) is 5.47. The minimum Gasteiger partial charge on any atom is -0.325 e. The SMILES string of the molecule is CC(=O)Nc1cc(NS(=O)(=O)c2ccc(CC(C)C)cc2)ccc1Cl. The highest BCUT2D eigenvalue weighted by Crippen LogP contribution is 2.27. The summed E-state index contributed by atoms with van der Waals surface area (Å²) in [5, 5.41) is 2.89. The highest BCUT2D eigenvalue weighted by atomic mass is 35.5. The maximum atomic E-state index is 12.5. The number of carbonyl (C=O) groups is 1. The predicted octanol–water partition coefficient (Wildman–Crippen LogP) is 4.30. The molecule has 0 bridgehead atoms. The third-order valence-electron chi connectivity index (χ3n) is 3.41. The van der Waals surface area contributed by atoms with Gasteiger partial charge in [0.1, 0.15) is 0 Å². The zero-order valence-corrected chi connectivity index (χ0v) is 15.9. The van der Waals surface area contributed by atoms with E-state index in [1.165, 1.54) is 19.1 Å². The van der Waals surface area contributed by atoms with Crippen molar-refractivity contribution in [3.63, 3.8) is 0 Å². The van der Waals surface area contributed by atoms with E-state index >= 15 is 0 Å². The lowest BCUT2D eigenvalue weighted by atomic mass is 10.0. The summed E-state index contributed by atoms with van der Waals surface area (Å²) in [6, 6.07) is 11.4. The fourth-order valence-electron chi connectivity index (χ4n) is 2.36. The molecular weight excluding hydrogens is 360 g/mol. The van der Waals surface area contributed by atoms with Gasteiger partial charge in [-0.15, -0.1) is 0 Å². The maximum absolute atomic E-state index is 12.5. The zero-order valence-electron chi connectivity index (χ0n) is 14.3. The number of halogens is 1. The molecule has 2 rings (SSSR count). The molecule has 5 nitrogen and oxygen atoms in total. The second-order valence-electron chi connectivity index (χ2n) is 6.22. The van der Waals surface area contributed by atoms with E-state index in [4.69, 9.17) is 11.6 Å². The Morgan fingerprint density at radius 1 is 1.12 bits per heavy atom. The average Bonchev–Trinajstić information content (AvgIpc) is 2.50. The summed E-state index contributed by atoms with van der Waals surface area (Å²) in [6.07, 6.45) is 0.894. The first-order chi connectivity index (χ1) is 11.7. The van der Waals surface area contributed by atoms with E-state index in [1.807, 2.05) is 12.1 Å². The molecule has 0 saturated carbocycles. The van der Waals surface area contributed by atoms with Crippen molar-refractivity contribution in [1.29, 1.82) is 0 Å². The molecule has 0 unspecified atom stereocenters. The lowest BCUT2D eigenvalue weighted by Crippen LogP contribution is -2.13. The van der Waals surface area contributed by atoms with E-state index in [0.717, 1.165) is 12.0 Å². The van der Waals surface area contributed by atoms with Gasteiger partial charge >= 0.3 is 0 Å². The van der Waals surface area contributed by atoms with Crippen molar-refractivity contribution in [2.45, 2.75) is 32.1 Å². The van der Waals surface area contributed by atoms with Gasteiger partial charge in [0.2, 0.25) is 5.91 Å². The van der Waals surface area contributed by atoms with Gasteiger partial charge in [-0.05, 0) is 48.2 Å². The fraction of sp³-hybridized carbons (Fsp3) is 0.278. The molecule has 0 fully saturated rings. The van der Waals surface area contributed by atoms with Gasteiger partial charge in [-0.25, -0.2) is 8.42 Å². The van der Waals surface area contributed by atoms with Crippen LogP contribution < -0.4 is 10.0 Å². The molecule has 0 heterocycles. The largest absolute Gasteiger partial charge is 0.325 e. The lowest BCUT2D eigenvalue weighted by molar-refractivity contribution is -0.114. The van der Waals surface area contributed by atoms with Gasteiger partial charge in [-0.3, -0.25) is 9.52 Å². The van der Waals surface area contributed by atoms with Crippen LogP contribution in [0, 0.1) is 5.92 Å². The van der Waals surface area contributed by atoms with Crippen LogP contribution in [0.1, 0.15) is 26.3 Å². The summed E-state index contributed by atoms with van der Waals surface area (Å²) < 4.78 is 27.5. The first-order valence-corrected chi connectivity index (χ1v) is 9.72. The van der Waals surface area contributed by atoms with Gasteiger partial charge in [0.15, 0.2) is 0 Å². The number of anilines is 2. The number of amides is 1. The Morgan fingerprint density at radius 2 is 1.76 bits per heavy atom. The van der Waals surface area contributed by atoms with Gasteiger partial charge in [-0.2, -0.15) is 0 Å². The van der Waals surface area contributed by atoms with E-state index in [2.05, 4.69) is 23.9 Å². The molecule has 0 aliphatic rings. The van der Waals surface area contributed by atoms with Crippen molar-refractivity contribution in [3.05, 3.63) is 53.1 Å². The highest BCUT2D eigenvalue weighted by Gasteiger charge is 2.15. The number of nitrogens with one attached hydrogen (secondary N) is 2. The quantitative estimate of drug-likeness (QED) is 0.784. The Bertz CT molecular complexity index is 862. The van der Waals surface area contributed by atoms with E-state index < -0.39 is 10.0 Å². The Kier molecular flexibility index (Phi) is 6.08. The molecule has 2 aromatic rings. The number of carbonyl (C=O) groups excluding carboxylic acids is 1. The normalized spacial score (nSPS) is 11.4. The first-order valence-electron chi connectivity index (χ1n) is 7.86. The standard InChI is InChI=1S/C18H21ClN2O3S/c1-12(2)10-14-4-7-16(8-5-14)25(23,24)21-15-6-9-17(19)18(11-15)20-13(3)22/h4-9,11-12,21H,10H2,1-3H3,(H,20,22). The molecular formula is C18H21ClN2O3S. The molecule has 2 N–H and O–H groups in total. The maximum Gasteiger partial charge on any atom is 0.261 e. The van der Waals surface area contributed by atoms with Crippen molar-refractivity contribution in [3.8, 4) is 0 Å². The Balaban J connectivity index is 2.22. The molecule has 2 aromatic carbocycles. The van der Waals surface area contributed by atoms with Crippen LogP contribution in [0.5, 0.6) is 0 Å². The van der Waals surface area contributed by atoms with Gasteiger partial charge in [0.05, 0.1) is 21.3 Å². The molecule has 0 spiro atoms. The number of hydrogen-bond donors (Lipinski definition) is 2. The average molecular weight is 381 g/mol. The van der Waals surface area contributed by atoms with Crippen LogP contribution in [-0.4, -0.2) is 14.3 Å². The molecule has 0 aromatic heterocycles. The second-order valence-corrected chi connectivity index (χ2v) is 8.31. The summed E-state index contributed by atoms with van der Waals surface area (Å²) in [4.78, 5) is 11.4. The van der Waals surface area contributed by atoms with Gasteiger partial charge < -0.3 is 5.32 Å². The van der Waals surface area contributed by atoms with Crippen molar-refractivity contribution < 1.29 is 13.2 Å². The van der Waals surface area contributed by atoms with E-state index in [-0.39, 0.29) is 10.8 Å². The molecule has 0 saturated heterocycles. The minimum absolute atomic E-state index is 0.177. The Hall–Kier alpha value is -2.05. The number of hydrogen-bond acceptors (Lipinski definition) is 3. The molecule has 0 aliphatic carbocycles. The first kappa shape index (κ1) is 19.3. The van der Waals surface area contributed by atoms with Crippen LogP contribution in [0.4, 0.5) is 11.4 Å². The van der Waals surface area contributed by atoms with Crippen molar-refractivity contribution >= 4 is 38.9 Å². The van der Waals surface area contributed by atoms with Crippen LogP contribution >= 0.6 is 11.6 Å². The van der Waals surface area contributed by atoms with E-state index in [9.17, 15) is 13.2 Å². The summed E-state index contributed by atoms with van der Waals surface area (Å²) in [7, 11) is -3.72. The molecule has 134 valence electrons. The van der Waals surface area contributed by atoms with Gasteiger partial charge in [0, 0.05) is 6.92 Å². The number of benzene rings is 2. The van der Waals surface area contributed by atoms with Gasteiger partial charge in [-0.1, -0.05) is 37.6 Å². The molecule has 1 amide bonds. The van der Waals surface area contributed by atoms with E-state index in [1.54, 1.807) is 18.2 Å². The van der Waals surface area contributed by atoms with E-state index in [0.29, 0.717) is 22.3 Å². The molecule has 7 heteroatoms. The topological polar surface area (TPSA) is 75.3 Å². The van der Waals surface area contributed by atoms with Crippen LogP contribution in [0.25, 0.3) is 0 Å². The van der Waals surface area contributed by atoms with Crippen LogP contribution in [0.2, 0.25) is 5.02 Å². The van der Waals surface area contributed by atoms with Crippen LogP contribution in [0.3, 0.4) is 0 Å².